The average molecular weight is 320 g/mol. The maximum Gasteiger partial charge on any atom is 0.420 e. The minimum absolute atomic E-state index is 0.0783. The Balaban J connectivity index is 2.58. The molecule has 0 aliphatic rings. The van der Waals surface area contributed by atoms with E-state index in [0.29, 0.717) is 27.3 Å². The van der Waals surface area contributed by atoms with Crippen LogP contribution in [0, 0.1) is 6.92 Å². The minimum atomic E-state index is -4.70. The first-order valence-electron chi connectivity index (χ1n) is 7.14. The molecular formula is C18H15F3O2. The van der Waals surface area contributed by atoms with Crippen LogP contribution in [0.4, 0.5) is 13.2 Å². The predicted molar refractivity (Wildman–Crippen MR) is 83.9 cm³/mol. The van der Waals surface area contributed by atoms with Gasteiger partial charge in [-0.3, -0.25) is 4.79 Å². The molecule has 0 atom stereocenters. The molecule has 0 amide bonds. The highest BCUT2D eigenvalue weighted by atomic mass is 19.4. The van der Waals surface area contributed by atoms with Crippen molar-refractivity contribution in [2.75, 3.05) is 0 Å². The van der Waals surface area contributed by atoms with Gasteiger partial charge in [0.1, 0.15) is 5.56 Å². The van der Waals surface area contributed by atoms with Crippen molar-refractivity contribution in [3.8, 4) is 0 Å². The van der Waals surface area contributed by atoms with Crippen LogP contribution in [-0.2, 0) is 11.8 Å². The van der Waals surface area contributed by atoms with Gasteiger partial charge in [-0.1, -0.05) is 18.2 Å². The quantitative estimate of drug-likeness (QED) is 0.724. The summed E-state index contributed by atoms with van der Waals surface area (Å²) in [6.45, 7) is 4.91. The molecule has 0 aliphatic carbocycles. The summed E-state index contributed by atoms with van der Waals surface area (Å²) < 4.78 is 39.8. The lowest BCUT2D eigenvalue weighted by molar-refractivity contribution is -0.137. The number of aryl methyl sites for hydroxylation is 1. The van der Waals surface area contributed by atoms with Crippen molar-refractivity contribution < 1.29 is 18.3 Å². The van der Waals surface area contributed by atoms with Gasteiger partial charge in [-0.15, -0.1) is 0 Å². The SMILES string of the molecule is Cc1cc2c(C(F)(F)F)c(=O)cc3ccc(C(C)(C)O)cc1c32. The third-order valence-electron chi connectivity index (χ3n) is 4.15. The number of benzene rings is 1. The van der Waals surface area contributed by atoms with Crippen LogP contribution in [0.5, 0.6) is 0 Å². The van der Waals surface area contributed by atoms with Gasteiger partial charge >= 0.3 is 6.18 Å². The van der Waals surface area contributed by atoms with Gasteiger partial charge in [0, 0.05) is 0 Å². The number of rotatable bonds is 1. The molecule has 0 radical (unpaired) electrons. The normalized spacial score (nSPS) is 13.2. The zero-order valence-corrected chi connectivity index (χ0v) is 12.9. The number of halogens is 3. The molecule has 3 aromatic rings. The molecule has 2 nitrogen and oxygen atoms in total. The van der Waals surface area contributed by atoms with E-state index in [2.05, 4.69) is 0 Å². The van der Waals surface area contributed by atoms with Crippen LogP contribution in [0.3, 0.4) is 0 Å². The number of hydrogen-bond donors (Lipinski definition) is 1. The van der Waals surface area contributed by atoms with Gasteiger partial charge in [0.15, 0.2) is 5.43 Å². The summed E-state index contributed by atoms with van der Waals surface area (Å²) in [5, 5.41) is 11.6. The van der Waals surface area contributed by atoms with Gasteiger partial charge in [0.25, 0.3) is 0 Å². The molecule has 0 unspecified atom stereocenters. The lowest BCUT2D eigenvalue weighted by Crippen LogP contribution is -2.18. The second-order valence-electron chi connectivity index (χ2n) is 6.36. The van der Waals surface area contributed by atoms with Gasteiger partial charge in [-0.25, -0.2) is 0 Å². The highest BCUT2D eigenvalue weighted by Crippen LogP contribution is 2.39. The molecule has 0 spiro atoms. The molecule has 0 heterocycles. The smallest absolute Gasteiger partial charge is 0.386 e. The van der Waals surface area contributed by atoms with E-state index in [1.807, 2.05) is 0 Å². The largest absolute Gasteiger partial charge is 0.420 e. The standard InChI is InChI=1S/C18H15F3O2/c1-9-6-13-15-10(7-14(22)16(13)18(19,20)21)4-5-11(8-12(9)15)17(2,3)23/h4-8,23H,1-3H3. The van der Waals surface area contributed by atoms with Crippen molar-refractivity contribution in [3.05, 3.63) is 57.2 Å². The molecular weight excluding hydrogens is 305 g/mol. The Morgan fingerprint density at radius 3 is 2.22 bits per heavy atom. The van der Waals surface area contributed by atoms with Gasteiger partial charge in [0.2, 0.25) is 0 Å². The van der Waals surface area contributed by atoms with Gasteiger partial charge in [-0.2, -0.15) is 13.2 Å². The molecule has 0 aromatic heterocycles. The highest BCUT2D eigenvalue weighted by Gasteiger charge is 2.36. The van der Waals surface area contributed by atoms with Crippen LogP contribution < -0.4 is 5.43 Å². The maximum absolute atomic E-state index is 13.3. The molecule has 0 saturated heterocycles. The second-order valence-corrected chi connectivity index (χ2v) is 6.36. The van der Waals surface area contributed by atoms with Crippen LogP contribution >= 0.6 is 0 Å². The second kappa shape index (κ2) is 4.68. The fraction of sp³-hybridized carbons (Fsp3) is 0.278. The first-order valence-corrected chi connectivity index (χ1v) is 7.14. The lowest BCUT2D eigenvalue weighted by atomic mass is 9.99. The Hall–Kier alpha value is -2.14. The molecule has 3 rings (SSSR count). The van der Waals surface area contributed by atoms with E-state index in [1.165, 1.54) is 6.07 Å². The van der Waals surface area contributed by atoms with E-state index in [-0.39, 0.29) is 5.39 Å². The molecule has 5 heteroatoms. The van der Waals surface area contributed by atoms with E-state index in [4.69, 9.17) is 0 Å². The van der Waals surface area contributed by atoms with E-state index in [0.717, 1.165) is 6.07 Å². The molecule has 120 valence electrons. The zero-order chi connectivity index (χ0) is 17.2. The van der Waals surface area contributed by atoms with Crippen molar-refractivity contribution in [1.29, 1.82) is 0 Å². The molecule has 0 aliphatic heterocycles. The molecule has 3 aromatic carbocycles. The molecule has 1 N–H and O–H groups in total. The first kappa shape index (κ1) is 15.7. The monoisotopic (exact) mass is 320 g/mol. The van der Waals surface area contributed by atoms with Crippen molar-refractivity contribution in [3.63, 3.8) is 0 Å². The van der Waals surface area contributed by atoms with E-state index >= 15 is 0 Å². The summed E-state index contributed by atoms with van der Waals surface area (Å²) in [7, 11) is 0. The van der Waals surface area contributed by atoms with E-state index in [9.17, 15) is 23.1 Å². The topological polar surface area (TPSA) is 37.3 Å². The number of hydrogen-bond acceptors (Lipinski definition) is 2. The summed E-state index contributed by atoms with van der Waals surface area (Å²) in [6.07, 6.45) is -4.70. The van der Waals surface area contributed by atoms with Crippen LogP contribution in [0.1, 0.15) is 30.5 Å². The van der Waals surface area contributed by atoms with Crippen LogP contribution in [0.2, 0.25) is 0 Å². The molecule has 0 saturated carbocycles. The lowest BCUT2D eigenvalue weighted by Gasteiger charge is -2.16. The summed E-state index contributed by atoms with van der Waals surface area (Å²) in [6, 6.07) is 7.33. The summed E-state index contributed by atoms with van der Waals surface area (Å²) >= 11 is 0. The number of aliphatic hydroxyl groups is 1. The van der Waals surface area contributed by atoms with Crippen molar-refractivity contribution in [1.82, 2.24) is 0 Å². The third-order valence-corrected chi connectivity index (χ3v) is 4.15. The van der Waals surface area contributed by atoms with Gasteiger partial charge in [0.05, 0.1) is 5.60 Å². The Kier molecular flexibility index (Phi) is 3.20. The maximum atomic E-state index is 13.3. The summed E-state index contributed by atoms with van der Waals surface area (Å²) in [4.78, 5) is 12.0. The predicted octanol–water partition coefficient (Wildman–Crippen LogP) is 4.35. The Labute approximate surface area is 130 Å². The fourth-order valence-corrected chi connectivity index (χ4v) is 3.01. The van der Waals surface area contributed by atoms with E-state index < -0.39 is 22.8 Å². The molecule has 0 bridgehead atoms. The summed E-state index contributed by atoms with van der Waals surface area (Å²) in [5.74, 6) is 0. The first-order chi connectivity index (χ1) is 10.5. The van der Waals surface area contributed by atoms with Crippen LogP contribution in [-0.4, -0.2) is 5.11 Å². The van der Waals surface area contributed by atoms with Gasteiger partial charge in [-0.05, 0) is 65.6 Å². The Morgan fingerprint density at radius 1 is 1.00 bits per heavy atom. The van der Waals surface area contributed by atoms with Crippen molar-refractivity contribution in [2.45, 2.75) is 32.5 Å². The Morgan fingerprint density at radius 2 is 1.65 bits per heavy atom. The Bertz CT molecular complexity index is 966. The van der Waals surface area contributed by atoms with Crippen LogP contribution in [0.25, 0.3) is 21.5 Å². The summed E-state index contributed by atoms with van der Waals surface area (Å²) in [5.41, 5.74) is -2.08. The van der Waals surface area contributed by atoms with Crippen molar-refractivity contribution >= 4 is 21.5 Å². The fourth-order valence-electron chi connectivity index (χ4n) is 3.01. The number of alkyl halides is 3. The van der Waals surface area contributed by atoms with Gasteiger partial charge < -0.3 is 5.11 Å². The zero-order valence-electron chi connectivity index (χ0n) is 12.9. The van der Waals surface area contributed by atoms with E-state index in [1.54, 1.807) is 39.0 Å². The minimum Gasteiger partial charge on any atom is -0.386 e. The highest BCUT2D eigenvalue weighted by molar-refractivity contribution is 6.14. The van der Waals surface area contributed by atoms with Crippen molar-refractivity contribution in [2.24, 2.45) is 0 Å². The van der Waals surface area contributed by atoms with Crippen LogP contribution in [0.15, 0.2) is 35.1 Å². The average Bonchev–Trinajstić information content (AvgIpc) is 2.56. The molecule has 0 fully saturated rings. The molecule has 23 heavy (non-hydrogen) atoms. The third kappa shape index (κ3) is 2.45.